The molecule has 5 nitrogen and oxygen atoms in total. The number of hydrazine groups is 1. The second-order valence-electron chi connectivity index (χ2n) is 5.15. The first-order chi connectivity index (χ1) is 12.4. The fourth-order valence-corrected chi connectivity index (χ4v) is 2.24. The van der Waals surface area contributed by atoms with Crippen LogP contribution in [-0.4, -0.2) is 17.9 Å². The van der Waals surface area contributed by atoms with Crippen LogP contribution in [0.1, 0.15) is 12.5 Å². The van der Waals surface area contributed by atoms with Gasteiger partial charge in [-0.1, -0.05) is 47.5 Å². The van der Waals surface area contributed by atoms with Crippen molar-refractivity contribution < 1.29 is 18.7 Å². The van der Waals surface area contributed by atoms with Crippen molar-refractivity contribution in [2.24, 2.45) is 0 Å². The third-order valence-electron chi connectivity index (χ3n) is 3.21. The Kier molecular flexibility index (Phi) is 7.00. The topological polar surface area (TPSA) is 67.4 Å². The Morgan fingerprint density at radius 1 is 1.12 bits per heavy atom. The summed E-state index contributed by atoms with van der Waals surface area (Å²) in [5.41, 5.74) is 4.93. The number of rotatable bonds is 5. The highest BCUT2D eigenvalue weighted by molar-refractivity contribution is 6.42. The van der Waals surface area contributed by atoms with E-state index >= 15 is 0 Å². The van der Waals surface area contributed by atoms with E-state index in [1.54, 1.807) is 24.3 Å². The van der Waals surface area contributed by atoms with E-state index < -0.39 is 23.7 Å². The van der Waals surface area contributed by atoms with Gasteiger partial charge in [0.1, 0.15) is 0 Å². The van der Waals surface area contributed by atoms with Gasteiger partial charge in [0.2, 0.25) is 0 Å². The third kappa shape index (κ3) is 5.47. The number of carbonyl (C=O) groups is 2. The van der Waals surface area contributed by atoms with Crippen LogP contribution in [0.4, 0.5) is 4.39 Å². The highest BCUT2D eigenvalue weighted by Crippen LogP contribution is 2.26. The summed E-state index contributed by atoms with van der Waals surface area (Å²) in [7, 11) is 0. The average molecular weight is 397 g/mol. The fourth-order valence-electron chi connectivity index (χ4n) is 1.87. The highest BCUT2D eigenvalue weighted by Gasteiger charge is 2.16. The van der Waals surface area contributed by atoms with Gasteiger partial charge in [-0.15, -0.1) is 0 Å². The fraction of sp³-hybridized carbons (Fsp3) is 0.111. The molecule has 2 rings (SSSR count). The van der Waals surface area contributed by atoms with E-state index in [2.05, 4.69) is 10.9 Å². The molecule has 2 amide bonds. The number of benzene rings is 2. The second-order valence-corrected chi connectivity index (χ2v) is 5.93. The Labute approximate surface area is 159 Å². The number of halogens is 3. The number of amides is 2. The minimum absolute atomic E-state index is 0.0584. The lowest BCUT2D eigenvalue weighted by Gasteiger charge is -2.15. The van der Waals surface area contributed by atoms with Crippen LogP contribution in [0.15, 0.2) is 48.5 Å². The number of hydrogen-bond donors (Lipinski definition) is 2. The van der Waals surface area contributed by atoms with Gasteiger partial charge in [0.25, 0.3) is 11.8 Å². The van der Waals surface area contributed by atoms with E-state index in [1.807, 2.05) is 0 Å². The van der Waals surface area contributed by atoms with E-state index in [0.717, 1.165) is 0 Å². The molecule has 0 saturated carbocycles. The van der Waals surface area contributed by atoms with Crippen LogP contribution >= 0.6 is 23.2 Å². The number of nitrogens with one attached hydrogen (secondary N) is 2. The van der Waals surface area contributed by atoms with Crippen molar-refractivity contribution in [3.05, 3.63) is 70.0 Å². The molecule has 0 fully saturated rings. The molecule has 0 aliphatic rings. The summed E-state index contributed by atoms with van der Waals surface area (Å²) >= 11 is 11.9. The average Bonchev–Trinajstić information content (AvgIpc) is 2.62. The molecule has 2 N–H and O–H groups in total. The predicted molar refractivity (Wildman–Crippen MR) is 98.3 cm³/mol. The number of carbonyl (C=O) groups excluding carboxylic acids is 2. The molecule has 0 radical (unpaired) electrons. The Morgan fingerprint density at radius 3 is 2.58 bits per heavy atom. The zero-order valence-electron chi connectivity index (χ0n) is 13.6. The zero-order chi connectivity index (χ0) is 19.1. The molecule has 0 heterocycles. The lowest BCUT2D eigenvalue weighted by atomic mass is 10.2. The summed E-state index contributed by atoms with van der Waals surface area (Å²) in [6.45, 7) is 1.43. The normalized spacial score (nSPS) is 11.8. The van der Waals surface area contributed by atoms with Gasteiger partial charge < -0.3 is 4.74 Å². The SMILES string of the molecule is CC(Oc1ccccc1F)C(=O)NNC(=O)/C=C/c1cccc(Cl)c1Cl. The summed E-state index contributed by atoms with van der Waals surface area (Å²) < 4.78 is 18.7. The molecule has 0 saturated heterocycles. The molecule has 1 unspecified atom stereocenters. The van der Waals surface area contributed by atoms with Crippen molar-refractivity contribution in [3.63, 3.8) is 0 Å². The summed E-state index contributed by atoms with van der Waals surface area (Å²) in [4.78, 5) is 23.7. The molecule has 0 aliphatic heterocycles. The molecule has 8 heteroatoms. The Balaban J connectivity index is 1.86. The zero-order valence-corrected chi connectivity index (χ0v) is 15.1. The quantitative estimate of drug-likeness (QED) is 0.597. The summed E-state index contributed by atoms with van der Waals surface area (Å²) in [6.07, 6.45) is 1.62. The van der Waals surface area contributed by atoms with Crippen molar-refractivity contribution in [2.75, 3.05) is 0 Å². The first-order valence-electron chi connectivity index (χ1n) is 7.51. The Bertz CT molecular complexity index is 843. The maximum absolute atomic E-state index is 13.5. The van der Waals surface area contributed by atoms with Gasteiger partial charge in [0.15, 0.2) is 17.7 Å². The van der Waals surface area contributed by atoms with E-state index in [4.69, 9.17) is 27.9 Å². The molecule has 0 bridgehead atoms. The maximum Gasteiger partial charge on any atom is 0.279 e. The molecule has 0 aliphatic carbocycles. The van der Waals surface area contributed by atoms with E-state index in [-0.39, 0.29) is 5.75 Å². The molecule has 136 valence electrons. The van der Waals surface area contributed by atoms with Crippen molar-refractivity contribution in [1.29, 1.82) is 0 Å². The van der Waals surface area contributed by atoms with Gasteiger partial charge in [-0.05, 0) is 36.8 Å². The molecule has 0 aromatic heterocycles. The maximum atomic E-state index is 13.5. The molecule has 0 spiro atoms. The van der Waals surface area contributed by atoms with Crippen LogP contribution in [0.5, 0.6) is 5.75 Å². The van der Waals surface area contributed by atoms with Crippen molar-refractivity contribution >= 4 is 41.1 Å². The monoisotopic (exact) mass is 396 g/mol. The van der Waals surface area contributed by atoms with Crippen LogP contribution in [-0.2, 0) is 9.59 Å². The Hall–Kier alpha value is -2.57. The largest absolute Gasteiger partial charge is 0.478 e. The van der Waals surface area contributed by atoms with Crippen molar-refractivity contribution in [1.82, 2.24) is 10.9 Å². The number of ether oxygens (including phenoxy) is 1. The molecular weight excluding hydrogens is 382 g/mol. The first-order valence-corrected chi connectivity index (χ1v) is 8.27. The van der Waals surface area contributed by atoms with Gasteiger partial charge in [-0.3, -0.25) is 20.4 Å². The highest BCUT2D eigenvalue weighted by atomic mass is 35.5. The smallest absolute Gasteiger partial charge is 0.279 e. The lowest BCUT2D eigenvalue weighted by molar-refractivity contribution is -0.131. The van der Waals surface area contributed by atoms with Gasteiger partial charge in [-0.25, -0.2) is 4.39 Å². The van der Waals surface area contributed by atoms with E-state index in [1.165, 1.54) is 37.3 Å². The van der Waals surface area contributed by atoms with Crippen molar-refractivity contribution in [2.45, 2.75) is 13.0 Å². The third-order valence-corrected chi connectivity index (χ3v) is 4.05. The minimum Gasteiger partial charge on any atom is -0.478 e. The summed E-state index contributed by atoms with van der Waals surface area (Å²) in [5.74, 6) is -1.88. The van der Waals surface area contributed by atoms with Crippen LogP contribution in [0.3, 0.4) is 0 Å². The predicted octanol–water partition coefficient (Wildman–Crippen LogP) is 3.76. The Morgan fingerprint density at radius 2 is 1.85 bits per heavy atom. The molecule has 1 atom stereocenters. The molecule has 26 heavy (non-hydrogen) atoms. The van der Waals surface area contributed by atoms with Gasteiger partial charge in [-0.2, -0.15) is 0 Å². The van der Waals surface area contributed by atoms with E-state index in [9.17, 15) is 14.0 Å². The van der Waals surface area contributed by atoms with Crippen molar-refractivity contribution in [3.8, 4) is 5.75 Å². The van der Waals surface area contributed by atoms with Crippen LogP contribution in [0.25, 0.3) is 6.08 Å². The van der Waals surface area contributed by atoms with Crippen LogP contribution < -0.4 is 15.6 Å². The molecular formula is C18H15Cl2FN2O3. The van der Waals surface area contributed by atoms with Gasteiger partial charge >= 0.3 is 0 Å². The van der Waals surface area contributed by atoms with Gasteiger partial charge in [0.05, 0.1) is 10.0 Å². The summed E-state index contributed by atoms with van der Waals surface area (Å²) in [6, 6.07) is 10.7. The molecule has 2 aromatic rings. The summed E-state index contributed by atoms with van der Waals surface area (Å²) in [5, 5.41) is 0.677. The van der Waals surface area contributed by atoms with Crippen LogP contribution in [0.2, 0.25) is 10.0 Å². The second kappa shape index (κ2) is 9.22. The number of hydrogen-bond acceptors (Lipinski definition) is 3. The van der Waals surface area contributed by atoms with E-state index in [0.29, 0.717) is 15.6 Å². The first kappa shape index (κ1) is 19.8. The molecule has 2 aromatic carbocycles. The van der Waals surface area contributed by atoms with Crippen LogP contribution in [0, 0.1) is 5.82 Å². The standard InChI is InChI=1S/C18H15Cl2FN2O3/c1-11(26-15-8-3-2-7-14(15)21)18(25)23-22-16(24)10-9-12-5-4-6-13(19)17(12)20/h2-11H,1H3,(H,22,24)(H,23,25)/b10-9+. The minimum atomic E-state index is -1.02. The lowest BCUT2D eigenvalue weighted by Crippen LogP contribution is -2.46. The van der Waals surface area contributed by atoms with Gasteiger partial charge in [0, 0.05) is 6.08 Å². The number of para-hydroxylation sites is 1.